The third-order valence-corrected chi connectivity index (χ3v) is 3.12. The molecule has 116 valence electrons. The topological polar surface area (TPSA) is 56.7 Å². The first-order valence-corrected chi connectivity index (χ1v) is 6.86. The van der Waals surface area contributed by atoms with E-state index in [1.54, 1.807) is 6.07 Å². The van der Waals surface area contributed by atoms with Crippen LogP contribution in [0.4, 0.5) is 4.39 Å². The Kier molecular flexibility index (Phi) is 7.49. The minimum absolute atomic E-state index is 0. The van der Waals surface area contributed by atoms with Gasteiger partial charge in [-0.15, -0.1) is 24.0 Å². The molecular formula is C15H21FIN3O. The molecule has 0 fully saturated rings. The quantitative estimate of drug-likeness (QED) is 0.313. The Morgan fingerprint density at radius 2 is 2.10 bits per heavy atom. The van der Waals surface area contributed by atoms with Crippen molar-refractivity contribution in [2.24, 2.45) is 4.99 Å². The van der Waals surface area contributed by atoms with Crippen molar-refractivity contribution in [1.82, 2.24) is 10.6 Å². The van der Waals surface area contributed by atoms with Crippen molar-refractivity contribution in [3.05, 3.63) is 41.7 Å². The van der Waals surface area contributed by atoms with Crippen molar-refractivity contribution >= 4 is 29.9 Å². The van der Waals surface area contributed by atoms with Gasteiger partial charge in [-0.2, -0.15) is 0 Å². The second-order valence-corrected chi connectivity index (χ2v) is 4.76. The summed E-state index contributed by atoms with van der Waals surface area (Å²) in [6.07, 6.45) is 6.30. The van der Waals surface area contributed by atoms with Crippen LogP contribution in [0.2, 0.25) is 0 Å². The lowest BCUT2D eigenvalue weighted by atomic mass is 10.2. The first kappa shape index (κ1) is 17.7. The number of guanidine groups is 1. The summed E-state index contributed by atoms with van der Waals surface area (Å²) in [7, 11) is 0. The van der Waals surface area contributed by atoms with E-state index in [4.69, 9.17) is 5.11 Å². The van der Waals surface area contributed by atoms with Gasteiger partial charge >= 0.3 is 0 Å². The van der Waals surface area contributed by atoms with E-state index in [0.29, 0.717) is 12.6 Å². The van der Waals surface area contributed by atoms with Crippen LogP contribution in [-0.4, -0.2) is 23.7 Å². The monoisotopic (exact) mass is 405 g/mol. The molecule has 1 aromatic rings. The smallest absolute Gasteiger partial charge is 0.191 e. The average molecular weight is 405 g/mol. The molecule has 1 aromatic carbocycles. The fourth-order valence-electron chi connectivity index (χ4n) is 2.07. The standard InChI is InChI=1S/C15H20FN3O.HI/c1-2-17-15(19-12-5-3-4-6-12)18-10-11-7-8-14(20)13(16)9-11;/h3-4,7-9,12,20H,2,5-6,10H2,1H3,(H2,17,18,19);1H. The number of hydrogen-bond donors (Lipinski definition) is 3. The van der Waals surface area contributed by atoms with Crippen LogP contribution >= 0.6 is 24.0 Å². The number of nitrogens with one attached hydrogen (secondary N) is 2. The lowest BCUT2D eigenvalue weighted by Gasteiger charge is -2.16. The van der Waals surface area contributed by atoms with Gasteiger partial charge in [-0.05, 0) is 37.5 Å². The normalized spacial score (nSPS) is 14.9. The van der Waals surface area contributed by atoms with E-state index in [2.05, 4.69) is 27.8 Å². The Morgan fingerprint density at radius 1 is 1.38 bits per heavy atom. The van der Waals surface area contributed by atoms with Crippen molar-refractivity contribution in [2.75, 3.05) is 6.54 Å². The number of phenols is 1. The highest BCUT2D eigenvalue weighted by Gasteiger charge is 2.11. The van der Waals surface area contributed by atoms with Gasteiger partial charge in [0.2, 0.25) is 0 Å². The van der Waals surface area contributed by atoms with Crippen LogP contribution < -0.4 is 10.6 Å². The van der Waals surface area contributed by atoms with Crippen molar-refractivity contribution < 1.29 is 9.50 Å². The fourth-order valence-corrected chi connectivity index (χ4v) is 2.07. The maximum Gasteiger partial charge on any atom is 0.191 e. The van der Waals surface area contributed by atoms with E-state index in [9.17, 15) is 4.39 Å². The average Bonchev–Trinajstić information content (AvgIpc) is 2.93. The van der Waals surface area contributed by atoms with E-state index >= 15 is 0 Å². The van der Waals surface area contributed by atoms with Crippen LogP contribution in [0.25, 0.3) is 0 Å². The number of phenolic OH excluding ortho intramolecular Hbond substituents is 1. The summed E-state index contributed by atoms with van der Waals surface area (Å²) in [6.45, 7) is 3.15. The zero-order valence-corrected chi connectivity index (χ0v) is 14.3. The molecule has 0 heterocycles. The number of aromatic hydroxyl groups is 1. The Labute approximate surface area is 141 Å². The van der Waals surface area contributed by atoms with E-state index < -0.39 is 5.82 Å². The van der Waals surface area contributed by atoms with Crippen LogP contribution in [-0.2, 0) is 6.54 Å². The number of benzene rings is 1. The molecule has 0 bridgehead atoms. The molecule has 2 rings (SSSR count). The number of nitrogens with zero attached hydrogens (tertiary/aromatic N) is 1. The first-order chi connectivity index (χ1) is 9.69. The minimum Gasteiger partial charge on any atom is -0.505 e. The number of rotatable bonds is 4. The molecule has 6 heteroatoms. The van der Waals surface area contributed by atoms with Gasteiger partial charge < -0.3 is 15.7 Å². The van der Waals surface area contributed by atoms with Gasteiger partial charge in [0.25, 0.3) is 0 Å². The Bertz CT molecular complexity index is 512. The molecule has 1 aliphatic rings. The van der Waals surface area contributed by atoms with E-state index in [1.165, 1.54) is 12.1 Å². The SMILES string of the molecule is CCNC(=NCc1ccc(O)c(F)c1)NC1CC=CC1.I. The van der Waals surface area contributed by atoms with Gasteiger partial charge in [0.05, 0.1) is 6.54 Å². The van der Waals surface area contributed by atoms with Gasteiger partial charge in [0, 0.05) is 12.6 Å². The van der Waals surface area contributed by atoms with Gasteiger partial charge in [0.1, 0.15) is 0 Å². The molecule has 0 radical (unpaired) electrons. The largest absolute Gasteiger partial charge is 0.505 e. The van der Waals surface area contributed by atoms with E-state index in [-0.39, 0.29) is 29.7 Å². The van der Waals surface area contributed by atoms with Crippen molar-refractivity contribution in [1.29, 1.82) is 0 Å². The maximum atomic E-state index is 13.2. The number of halogens is 2. The van der Waals surface area contributed by atoms with Gasteiger partial charge in [-0.25, -0.2) is 9.38 Å². The highest BCUT2D eigenvalue weighted by Crippen LogP contribution is 2.16. The van der Waals surface area contributed by atoms with Gasteiger partial charge in [-0.1, -0.05) is 18.2 Å². The highest BCUT2D eigenvalue weighted by molar-refractivity contribution is 14.0. The Morgan fingerprint density at radius 3 is 2.71 bits per heavy atom. The van der Waals surface area contributed by atoms with Crippen LogP contribution in [0.1, 0.15) is 25.3 Å². The second-order valence-electron chi connectivity index (χ2n) is 4.76. The van der Waals surface area contributed by atoms with Crippen LogP contribution in [0.5, 0.6) is 5.75 Å². The molecule has 4 nitrogen and oxygen atoms in total. The maximum absolute atomic E-state index is 13.2. The highest BCUT2D eigenvalue weighted by atomic mass is 127. The molecule has 0 atom stereocenters. The molecule has 0 spiro atoms. The van der Waals surface area contributed by atoms with Crippen molar-refractivity contribution in [2.45, 2.75) is 32.4 Å². The molecule has 3 N–H and O–H groups in total. The summed E-state index contributed by atoms with van der Waals surface area (Å²) in [6, 6.07) is 4.70. The van der Waals surface area contributed by atoms with Gasteiger partial charge in [-0.3, -0.25) is 0 Å². The zero-order chi connectivity index (χ0) is 14.4. The molecule has 0 saturated carbocycles. The van der Waals surface area contributed by atoms with E-state index in [0.717, 1.165) is 30.9 Å². The predicted molar refractivity (Wildman–Crippen MR) is 93.6 cm³/mol. The van der Waals surface area contributed by atoms with Crippen molar-refractivity contribution in [3.63, 3.8) is 0 Å². The second kappa shape index (κ2) is 8.86. The van der Waals surface area contributed by atoms with E-state index in [1.807, 2.05) is 6.92 Å². The lowest BCUT2D eigenvalue weighted by molar-refractivity contribution is 0.432. The predicted octanol–water partition coefficient (Wildman–Crippen LogP) is 2.92. The van der Waals surface area contributed by atoms with Crippen LogP contribution in [0.15, 0.2) is 35.3 Å². The summed E-state index contributed by atoms with van der Waals surface area (Å²) in [4.78, 5) is 4.44. The molecule has 21 heavy (non-hydrogen) atoms. The summed E-state index contributed by atoms with van der Waals surface area (Å²) in [5, 5.41) is 15.7. The summed E-state index contributed by atoms with van der Waals surface area (Å²) >= 11 is 0. The van der Waals surface area contributed by atoms with Gasteiger partial charge in [0.15, 0.2) is 17.5 Å². The fraction of sp³-hybridized carbons (Fsp3) is 0.400. The minimum atomic E-state index is -0.615. The van der Waals surface area contributed by atoms with Crippen LogP contribution in [0.3, 0.4) is 0 Å². The van der Waals surface area contributed by atoms with Crippen molar-refractivity contribution in [3.8, 4) is 5.75 Å². The Balaban J connectivity index is 0.00000220. The molecule has 0 aromatic heterocycles. The third-order valence-electron chi connectivity index (χ3n) is 3.12. The van der Waals surface area contributed by atoms with Crippen LogP contribution in [0, 0.1) is 5.82 Å². The molecule has 0 amide bonds. The third kappa shape index (κ3) is 5.53. The molecule has 0 aliphatic heterocycles. The number of aliphatic imine (C=N–C) groups is 1. The summed E-state index contributed by atoms with van der Waals surface area (Å²) in [5.74, 6) is -0.217. The molecule has 1 aliphatic carbocycles. The summed E-state index contributed by atoms with van der Waals surface area (Å²) in [5.41, 5.74) is 0.724. The number of hydrogen-bond acceptors (Lipinski definition) is 2. The molecular weight excluding hydrogens is 384 g/mol. The summed E-state index contributed by atoms with van der Waals surface area (Å²) < 4.78 is 13.2. The Hall–Kier alpha value is -1.31. The molecule has 0 unspecified atom stereocenters. The lowest BCUT2D eigenvalue weighted by Crippen LogP contribution is -2.42. The first-order valence-electron chi connectivity index (χ1n) is 6.86. The zero-order valence-electron chi connectivity index (χ0n) is 12.0. The molecule has 0 saturated heterocycles.